The van der Waals surface area contributed by atoms with E-state index in [-0.39, 0.29) is 32.9 Å². The number of fused-ring (bicyclic) bond motifs is 2. The second-order valence-electron chi connectivity index (χ2n) is 6.42. The molecular formula is C15H24N4OS3. The molecule has 0 bridgehead atoms. The predicted molar refractivity (Wildman–Crippen MR) is 103 cm³/mol. The van der Waals surface area contributed by atoms with E-state index in [2.05, 4.69) is 22.5 Å². The van der Waals surface area contributed by atoms with Crippen LogP contribution in [0, 0.1) is 17.8 Å². The molecule has 4 rings (SSSR count). The minimum absolute atomic E-state index is 0. The van der Waals surface area contributed by atoms with E-state index >= 15 is 0 Å². The molecule has 128 valence electrons. The molecule has 1 unspecified atom stereocenters. The molecule has 1 saturated carbocycles. The zero-order valence-corrected chi connectivity index (χ0v) is 15.9. The van der Waals surface area contributed by atoms with E-state index in [4.69, 9.17) is 0 Å². The Labute approximate surface area is 154 Å². The van der Waals surface area contributed by atoms with E-state index in [1.165, 1.54) is 12.8 Å². The summed E-state index contributed by atoms with van der Waals surface area (Å²) in [5.41, 5.74) is 0.626. The summed E-state index contributed by atoms with van der Waals surface area (Å²) in [5, 5.41) is 8.60. The first-order valence-corrected chi connectivity index (χ1v) is 8.52. The molecule has 5 nitrogen and oxygen atoms in total. The van der Waals surface area contributed by atoms with Crippen molar-refractivity contribution in [3.63, 3.8) is 0 Å². The van der Waals surface area contributed by atoms with Crippen molar-refractivity contribution in [2.75, 3.05) is 13.1 Å². The Morgan fingerprint density at radius 1 is 1.48 bits per heavy atom. The summed E-state index contributed by atoms with van der Waals surface area (Å²) >= 11 is 1.54. The predicted octanol–water partition coefficient (Wildman–Crippen LogP) is 1.99. The molecule has 2 aromatic rings. The van der Waals surface area contributed by atoms with Crippen molar-refractivity contribution in [3.05, 3.63) is 23.5 Å². The van der Waals surface area contributed by atoms with E-state index < -0.39 is 0 Å². The van der Waals surface area contributed by atoms with Gasteiger partial charge in [0.05, 0.1) is 6.20 Å². The highest BCUT2D eigenvalue weighted by atomic mass is 32.1. The molecule has 2 N–H and O–H groups in total. The van der Waals surface area contributed by atoms with Gasteiger partial charge in [-0.25, -0.2) is 4.98 Å². The minimum atomic E-state index is -0.0304. The number of imidazole rings is 1. The molecule has 8 heteroatoms. The topological polar surface area (TPSA) is 58.4 Å². The van der Waals surface area contributed by atoms with Crippen molar-refractivity contribution >= 4 is 49.2 Å². The smallest absolute Gasteiger partial charge is 0.270 e. The third kappa shape index (κ3) is 3.40. The van der Waals surface area contributed by atoms with Crippen molar-refractivity contribution < 1.29 is 4.79 Å². The monoisotopic (exact) mass is 372 g/mol. The maximum Gasteiger partial charge on any atom is 0.270 e. The number of rotatable bonds is 3. The van der Waals surface area contributed by atoms with E-state index in [1.54, 1.807) is 17.5 Å². The van der Waals surface area contributed by atoms with Crippen LogP contribution in [0.15, 0.2) is 17.8 Å². The van der Waals surface area contributed by atoms with Crippen LogP contribution in [0.1, 0.15) is 30.3 Å². The normalized spacial score (nSPS) is 28.9. The van der Waals surface area contributed by atoms with Crippen LogP contribution < -0.4 is 10.6 Å². The quantitative estimate of drug-likeness (QED) is 0.866. The summed E-state index contributed by atoms with van der Waals surface area (Å²) in [6.45, 7) is 4.16. The van der Waals surface area contributed by atoms with Crippen LogP contribution >= 0.6 is 38.3 Å². The van der Waals surface area contributed by atoms with Gasteiger partial charge in [0.1, 0.15) is 5.69 Å². The largest absolute Gasteiger partial charge is 0.349 e. The van der Waals surface area contributed by atoms with E-state index in [0.717, 1.165) is 29.3 Å². The summed E-state index contributed by atoms with van der Waals surface area (Å²) in [6.07, 6.45) is 6.17. The van der Waals surface area contributed by atoms with Crippen LogP contribution in [-0.2, 0) is 0 Å². The fourth-order valence-corrected chi connectivity index (χ4v) is 4.73. The van der Waals surface area contributed by atoms with Gasteiger partial charge in [0, 0.05) is 24.2 Å². The van der Waals surface area contributed by atoms with Crippen LogP contribution in [0.5, 0.6) is 0 Å². The van der Waals surface area contributed by atoms with Crippen molar-refractivity contribution in [3.8, 4) is 0 Å². The lowest BCUT2D eigenvalue weighted by Gasteiger charge is -2.19. The number of amides is 1. The van der Waals surface area contributed by atoms with E-state index in [9.17, 15) is 4.79 Å². The maximum absolute atomic E-state index is 12.3. The molecule has 1 aliphatic heterocycles. The molecule has 0 spiro atoms. The second-order valence-corrected chi connectivity index (χ2v) is 7.30. The summed E-state index contributed by atoms with van der Waals surface area (Å²) in [7, 11) is 0. The zero-order chi connectivity index (χ0) is 14.4. The van der Waals surface area contributed by atoms with Crippen molar-refractivity contribution in [1.29, 1.82) is 0 Å². The van der Waals surface area contributed by atoms with Gasteiger partial charge in [-0.15, -0.1) is 11.3 Å². The van der Waals surface area contributed by atoms with Crippen LogP contribution in [0.4, 0.5) is 0 Å². The molecule has 1 amide bonds. The molecule has 1 aliphatic carbocycles. The molecule has 2 fully saturated rings. The summed E-state index contributed by atoms with van der Waals surface area (Å²) in [6, 6.07) is 0.426. The van der Waals surface area contributed by atoms with Gasteiger partial charge in [0.15, 0.2) is 4.96 Å². The van der Waals surface area contributed by atoms with E-state index in [0.29, 0.717) is 18.3 Å². The minimum Gasteiger partial charge on any atom is -0.349 e. The Morgan fingerprint density at radius 2 is 2.30 bits per heavy atom. The van der Waals surface area contributed by atoms with Crippen molar-refractivity contribution in [2.45, 2.75) is 25.8 Å². The van der Waals surface area contributed by atoms with Gasteiger partial charge in [0.2, 0.25) is 0 Å². The lowest BCUT2D eigenvalue weighted by molar-refractivity contribution is 0.0942. The van der Waals surface area contributed by atoms with Gasteiger partial charge >= 0.3 is 0 Å². The Kier molecular flexibility index (Phi) is 6.05. The number of carbonyl (C=O) groups excluding carboxylic acids is 1. The Morgan fingerprint density at radius 3 is 3.13 bits per heavy atom. The number of nitrogens with zero attached hydrogens (tertiary/aromatic N) is 2. The highest BCUT2D eigenvalue weighted by molar-refractivity contribution is 7.59. The number of hydrogen-bond donors (Lipinski definition) is 2. The van der Waals surface area contributed by atoms with Crippen LogP contribution in [-0.4, -0.2) is 34.4 Å². The SMILES string of the molecule is CC1C[C@H]2CN[C@H](CNC(=O)c3cnc4sccn34)[C@H]2C1.S.S. The van der Waals surface area contributed by atoms with Gasteiger partial charge in [-0.05, 0) is 37.1 Å². The van der Waals surface area contributed by atoms with Gasteiger partial charge in [-0.3, -0.25) is 9.20 Å². The van der Waals surface area contributed by atoms with Gasteiger partial charge in [0.25, 0.3) is 5.91 Å². The zero-order valence-electron chi connectivity index (χ0n) is 13.1. The third-order valence-corrected chi connectivity index (χ3v) is 5.78. The number of aromatic nitrogens is 2. The fraction of sp³-hybridized carbons (Fsp3) is 0.600. The van der Waals surface area contributed by atoms with Crippen molar-refractivity contribution in [2.24, 2.45) is 17.8 Å². The van der Waals surface area contributed by atoms with Crippen molar-refractivity contribution in [1.82, 2.24) is 20.0 Å². The number of thiazole rings is 1. The lowest BCUT2D eigenvalue weighted by atomic mass is 9.94. The first-order valence-electron chi connectivity index (χ1n) is 7.64. The number of hydrogen-bond acceptors (Lipinski definition) is 4. The summed E-state index contributed by atoms with van der Waals surface area (Å²) in [4.78, 5) is 17.4. The van der Waals surface area contributed by atoms with Crippen LogP contribution in [0.25, 0.3) is 4.96 Å². The number of carbonyl (C=O) groups is 1. The average Bonchev–Trinajstić information content (AvgIpc) is 3.15. The molecule has 3 heterocycles. The maximum atomic E-state index is 12.3. The molecule has 1 saturated heterocycles. The fourth-order valence-electron chi connectivity index (χ4n) is 4.04. The first-order chi connectivity index (χ1) is 10.2. The molecule has 0 aromatic carbocycles. The molecule has 0 radical (unpaired) electrons. The highest BCUT2D eigenvalue weighted by Gasteiger charge is 2.41. The van der Waals surface area contributed by atoms with Gasteiger partial charge in [-0.1, -0.05) is 6.92 Å². The first kappa shape index (κ1) is 18.6. The summed E-state index contributed by atoms with van der Waals surface area (Å²) < 4.78 is 1.85. The molecule has 2 aromatic heterocycles. The standard InChI is InChI=1S/C15H20N4OS.2H2S/c1-9-4-10-6-16-12(11(10)5-9)7-17-14(20)13-8-18-15-19(13)2-3-21-15;;/h2-3,8-12,16H,4-7H2,1H3,(H,17,20);2*1H2/t9?,10-,11-,12+;;/m0../s1. The second kappa shape index (κ2) is 7.46. The van der Waals surface area contributed by atoms with Crippen LogP contribution in [0.3, 0.4) is 0 Å². The lowest BCUT2D eigenvalue weighted by Crippen LogP contribution is -2.40. The Bertz CT molecular complexity index is 671. The average molecular weight is 373 g/mol. The third-order valence-electron chi connectivity index (χ3n) is 5.01. The van der Waals surface area contributed by atoms with Crippen LogP contribution in [0.2, 0.25) is 0 Å². The Hall–Kier alpha value is -0.700. The Balaban J connectivity index is 0.000000960. The van der Waals surface area contributed by atoms with Gasteiger partial charge in [-0.2, -0.15) is 27.0 Å². The molecule has 23 heavy (non-hydrogen) atoms. The van der Waals surface area contributed by atoms with Gasteiger partial charge < -0.3 is 10.6 Å². The molecule has 2 aliphatic rings. The highest BCUT2D eigenvalue weighted by Crippen LogP contribution is 2.40. The van der Waals surface area contributed by atoms with E-state index in [1.807, 2.05) is 16.0 Å². The molecule has 4 atom stereocenters. The summed E-state index contributed by atoms with van der Waals surface area (Å²) in [5.74, 6) is 2.34. The number of nitrogens with one attached hydrogen (secondary N) is 2. The molecular weight excluding hydrogens is 348 g/mol.